The van der Waals surface area contributed by atoms with Crippen LogP contribution in [0, 0.1) is 0 Å². The Kier molecular flexibility index (Phi) is 5.56. The zero-order valence-corrected chi connectivity index (χ0v) is 9.54. The molecule has 15 heavy (non-hydrogen) atoms. The van der Waals surface area contributed by atoms with Gasteiger partial charge in [0.15, 0.2) is 5.12 Å². The summed E-state index contributed by atoms with van der Waals surface area (Å²) in [5.74, 6) is 0.730. The molecule has 0 N–H and O–H groups in total. The van der Waals surface area contributed by atoms with E-state index in [9.17, 15) is 4.79 Å². The molecule has 0 spiro atoms. The Morgan fingerprint density at radius 2 is 1.47 bits per heavy atom. The normalized spacial score (nSPS) is 9.13. The van der Waals surface area contributed by atoms with E-state index in [2.05, 4.69) is 0 Å². The molecule has 2 heteroatoms. The van der Waals surface area contributed by atoms with Crippen molar-refractivity contribution in [1.29, 1.82) is 0 Å². The summed E-state index contributed by atoms with van der Waals surface area (Å²) < 4.78 is 0. The Morgan fingerprint density at radius 1 is 1.00 bits per heavy atom. The van der Waals surface area contributed by atoms with Gasteiger partial charge in [0.05, 0.1) is 0 Å². The first kappa shape index (κ1) is 11.8. The number of hydrogen-bond donors (Lipinski definition) is 0. The van der Waals surface area contributed by atoms with Crippen molar-refractivity contribution >= 4 is 16.9 Å². The van der Waals surface area contributed by atoms with E-state index in [1.54, 1.807) is 6.92 Å². The summed E-state index contributed by atoms with van der Waals surface area (Å²) >= 11 is 1.33. The SMILES string of the molecule is CC(=O)SCc1ccccccccc1. The quantitative estimate of drug-likeness (QED) is 0.754. The molecule has 0 amide bonds. The maximum Gasteiger partial charge on any atom is 0.186 e. The second-order valence-electron chi connectivity index (χ2n) is 3.04. The number of hydrogen-bond acceptors (Lipinski definition) is 2. The molecule has 0 saturated carbocycles. The fourth-order valence-electron chi connectivity index (χ4n) is 1.02. The van der Waals surface area contributed by atoms with Crippen molar-refractivity contribution in [3.63, 3.8) is 0 Å². The van der Waals surface area contributed by atoms with Gasteiger partial charge in [-0.25, -0.2) is 0 Å². The molecule has 0 unspecified atom stereocenters. The Bertz CT molecular complexity index is 348. The number of thioether (sulfide) groups is 1. The summed E-state index contributed by atoms with van der Waals surface area (Å²) in [7, 11) is 0. The van der Waals surface area contributed by atoms with E-state index >= 15 is 0 Å². The van der Waals surface area contributed by atoms with Crippen LogP contribution in [-0.4, -0.2) is 5.12 Å². The Hall–Kier alpha value is -1.28. The summed E-state index contributed by atoms with van der Waals surface area (Å²) in [6.45, 7) is 1.59. The summed E-state index contributed by atoms with van der Waals surface area (Å²) in [6.07, 6.45) is 0. The third-order valence-corrected chi connectivity index (χ3v) is 2.61. The molecular weight excluding hydrogens is 204 g/mol. The van der Waals surface area contributed by atoms with Gasteiger partial charge < -0.3 is 0 Å². The van der Waals surface area contributed by atoms with E-state index < -0.39 is 0 Å². The lowest BCUT2D eigenvalue weighted by atomic mass is 10.3. The fourth-order valence-corrected chi connectivity index (χ4v) is 1.58. The first-order chi connectivity index (χ1) is 7.29. The first-order valence-corrected chi connectivity index (χ1v) is 5.78. The smallest absolute Gasteiger partial charge is 0.186 e. The Balaban J connectivity index is 2.84. The van der Waals surface area contributed by atoms with Gasteiger partial charge in [-0.15, -0.1) is 0 Å². The molecule has 78 valence electrons. The van der Waals surface area contributed by atoms with Gasteiger partial charge in [0.25, 0.3) is 0 Å². The molecule has 0 atom stereocenters. The molecule has 0 heterocycles. The molecule has 1 aromatic carbocycles. The van der Waals surface area contributed by atoms with Crippen molar-refractivity contribution in [3.8, 4) is 0 Å². The lowest BCUT2D eigenvalue weighted by molar-refractivity contribution is -0.109. The van der Waals surface area contributed by atoms with Crippen LogP contribution in [0.3, 0.4) is 0 Å². The molecule has 0 radical (unpaired) electrons. The maximum absolute atomic E-state index is 10.8. The van der Waals surface area contributed by atoms with E-state index in [0.29, 0.717) is 0 Å². The van der Waals surface area contributed by atoms with Gasteiger partial charge in [-0.1, -0.05) is 66.4 Å². The number of carbonyl (C=O) groups excluding carboxylic acids is 1. The third-order valence-electron chi connectivity index (χ3n) is 1.73. The minimum atomic E-state index is 0.154. The summed E-state index contributed by atoms with van der Waals surface area (Å²) in [5.41, 5.74) is 1.14. The van der Waals surface area contributed by atoms with E-state index in [-0.39, 0.29) is 5.12 Å². The van der Waals surface area contributed by atoms with E-state index in [0.717, 1.165) is 11.3 Å². The minimum Gasteiger partial charge on any atom is -0.288 e. The van der Waals surface area contributed by atoms with Crippen molar-refractivity contribution < 1.29 is 4.79 Å². The first-order valence-electron chi connectivity index (χ1n) is 4.79. The molecule has 1 aromatic rings. The summed E-state index contributed by atoms with van der Waals surface area (Å²) in [5, 5.41) is 0.154. The van der Waals surface area contributed by atoms with E-state index in [4.69, 9.17) is 0 Å². The molecule has 0 saturated heterocycles. The van der Waals surface area contributed by atoms with Crippen LogP contribution < -0.4 is 0 Å². The van der Waals surface area contributed by atoms with Crippen LogP contribution >= 0.6 is 11.8 Å². The second-order valence-corrected chi connectivity index (χ2v) is 4.19. The lowest BCUT2D eigenvalue weighted by Gasteiger charge is -1.94. The zero-order valence-electron chi connectivity index (χ0n) is 8.72. The molecule has 0 aliphatic heterocycles. The molecule has 1 nitrogen and oxygen atoms in total. The standard InChI is InChI=1S/C13H14OS/c1-12(14)15-11-13-9-7-5-3-2-4-6-8-10-13/h2-10H,11H2,1H3. The lowest BCUT2D eigenvalue weighted by Crippen LogP contribution is -1.83. The highest BCUT2D eigenvalue weighted by Gasteiger charge is 1.93. The van der Waals surface area contributed by atoms with Gasteiger partial charge in [0, 0.05) is 12.7 Å². The van der Waals surface area contributed by atoms with Crippen LogP contribution in [0.15, 0.2) is 54.6 Å². The van der Waals surface area contributed by atoms with Gasteiger partial charge in [0.2, 0.25) is 0 Å². The van der Waals surface area contributed by atoms with Crippen LogP contribution in [0.25, 0.3) is 0 Å². The maximum atomic E-state index is 10.8. The van der Waals surface area contributed by atoms with Crippen molar-refractivity contribution in [2.24, 2.45) is 0 Å². The average molecular weight is 218 g/mol. The van der Waals surface area contributed by atoms with Gasteiger partial charge in [-0.05, 0) is 5.56 Å². The minimum absolute atomic E-state index is 0.154. The van der Waals surface area contributed by atoms with Gasteiger partial charge in [-0.2, -0.15) is 0 Å². The van der Waals surface area contributed by atoms with E-state index in [1.807, 2.05) is 54.6 Å². The van der Waals surface area contributed by atoms with Crippen LogP contribution in [0.5, 0.6) is 0 Å². The fraction of sp³-hybridized carbons (Fsp3) is 0.154. The van der Waals surface area contributed by atoms with Crippen molar-refractivity contribution in [3.05, 3.63) is 60.2 Å². The predicted molar refractivity (Wildman–Crippen MR) is 66.0 cm³/mol. The topological polar surface area (TPSA) is 17.1 Å². The summed E-state index contributed by atoms with van der Waals surface area (Å²) in [4.78, 5) is 10.8. The molecule has 0 bridgehead atoms. The van der Waals surface area contributed by atoms with Crippen LogP contribution in [0.4, 0.5) is 0 Å². The summed E-state index contributed by atoms with van der Waals surface area (Å²) in [6, 6.07) is 17.9. The average Bonchev–Trinajstić information content (AvgIpc) is 2.23. The monoisotopic (exact) mass is 218 g/mol. The molecule has 0 aromatic heterocycles. The molecule has 1 rings (SSSR count). The zero-order chi connectivity index (χ0) is 10.9. The largest absolute Gasteiger partial charge is 0.288 e. The highest BCUT2D eigenvalue weighted by atomic mass is 32.2. The number of rotatable bonds is 2. The molecule has 0 fully saturated rings. The Labute approximate surface area is 94.9 Å². The van der Waals surface area contributed by atoms with E-state index in [1.165, 1.54) is 11.8 Å². The van der Waals surface area contributed by atoms with Crippen LogP contribution in [0.2, 0.25) is 0 Å². The van der Waals surface area contributed by atoms with Crippen molar-refractivity contribution in [2.45, 2.75) is 12.7 Å². The molecule has 0 aliphatic rings. The van der Waals surface area contributed by atoms with Gasteiger partial charge in [-0.3, -0.25) is 4.79 Å². The number of carbonyl (C=O) groups is 1. The van der Waals surface area contributed by atoms with Gasteiger partial charge >= 0.3 is 0 Å². The second kappa shape index (κ2) is 7.07. The Morgan fingerprint density at radius 3 is 1.93 bits per heavy atom. The van der Waals surface area contributed by atoms with Crippen LogP contribution in [-0.2, 0) is 10.5 Å². The highest BCUT2D eigenvalue weighted by Crippen LogP contribution is 2.10. The van der Waals surface area contributed by atoms with Crippen molar-refractivity contribution in [2.75, 3.05) is 0 Å². The van der Waals surface area contributed by atoms with Gasteiger partial charge in [0.1, 0.15) is 0 Å². The molecular formula is C13H14OS. The third kappa shape index (κ3) is 5.92. The van der Waals surface area contributed by atoms with Crippen LogP contribution in [0.1, 0.15) is 12.5 Å². The van der Waals surface area contributed by atoms with Crippen molar-refractivity contribution in [1.82, 2.24) is 0 Å². The highest BCUT2D eigenvalue weighted by molar-refractivity contribution is 8.12. The predicted octanol–water partition coefficient (Wildman–Crippen LogP) is 3.59. The molecule has 0 aliphatic carbocycles.